The lowest BCUT2D eigenvalue weighted by Crippen LogP contribution is -2.46. The first-order valence-corrected chi connectivity index (χ1v) is 3.36. The van der Waals surface area contributed by atoms with Crippen LogP contribution in [0.2, 0.25) is 0 Å². The number of carbonyl (C=O) groups excluding carboxylic acids is 1. The van der Waals surface area contributed by atoms with Gasteiger partial charge in [0.2, 0.25) is 5.91 Å². The normalized spacial score (nSPS) is 19.7. The van der Waals surface area contributed by atoms with Crippen molar-refractivity contribution in [3.63, 3.8) is 0 Å². The fourth-order valence-corrected chi connectivity index (χ4v) is 0.948. The van der Waals surface area contributed by atoms with Gasteiger partial charge in [-0.2, -0.15) is 0 Å². The van der Waals surface area contributed by atoms with Crippen LogP contribution >= 0.6 is 0 Å². The summed E-state index contributed by atoms with van der Waals surface area (Å²) >= 11 is 0. The number of hydrogen-bond acceptors (Lipinski definition) is 2. The lowest BCUT2D eigenvalue weighted by Gasteiger charge is -2.25. The summed E-state index contributed by atoms with van der Waals surface area (Å²) in [7, 11) is 0. The molecule has 0 unspecified atom stereocenters. The molecule has 4 nitrogen and oxygen atoms in total. The third kappa shape index (κ3) is 1.68. The van der Waals surface area contributed by atoms with Crippen molar-refractivity contribution in [1.29, 1.82) is 0 Å². The first kappa shape index (κ1) is 7.50. The maximum atomic E-state index is 10.9. The van der Waals surface area contributed by atoms with Crippen LogP contribution in [0.4, 0.5) is 0 Å². The SMILES string of the molecule is O=C1C[N]CCN1CCO. The molecular formula is C6H11N2O2. The molecule has 10 heavy (non-hydrogen) atoms. The maximum Gasteiger partial charge on any atom is 0.238 e. The Hall–Kier alpha value is -0.610. The topological polar surface area (TPSA) is 54.6 Å². The van der Waals surface area contributed by atoms with Gasteiger partial charge in [0.05, 0.1) is 13.2 Å². The van der Waals surface area contributed by atoms with Gasteiger partial charge < -0.3 is 10.0 Å². The van der Waals surface area contributed by atoms with Gasteiger partial charge in [0.25, 0.3) is 0 Å². The smallest absolute Gasteiger partial charge is 0.238 e. The van der Waals surface area contributed by atoms with Gasteiger partial charge in [-0.05, 0) is 0 Å². The fraction of sp³-hybridized carbons (Fsp3) is 0.833. The van der Waals surface area contributed by atoms with E-state index < -0.39 is 0 Å². The summed E-state index contributed by atoms with van der Waals surface area (Å²) in [5.41, 5.74) is 0. The number of piperazine rings is 1. The van der Waals surface area contributed by atoms with Gasteiger partial charge in [-0.3, -0.25) is 4.79 Å². The number of rotatable bonds is 2. The first-order valence-electron chi connectivity index (χ1n) is 3.36. The van der Waals surface area contributed by atoms with E-state index in [1.54, 1.807) is 4.90 Å². The van der Waals surface area contributed by atoms with Crippen molar-refractivity contribution >= 4 is 5.91 Å². The van der Waals surface area contributed by atoms with Crippen molar-refractivity contribution in [2.24, 2.45) is 0 Å². The van der Waals surface area contributed by atoms with Gasteiger partial charge in [0, 0.05) is 19.6 Å². The Morgan fingerprint density at radius 2 is 2.50 bits per heavy atom. The summed E-state index contributed by atoms with van der Waals surface area (Å²) in [5.74, 6) is 0.0281. The average molecular weight is 143 g/mol. The van der Waals surface area contributed by atoms with Crippen molar-refractivity contribution < 1.29 is 9.90 Å². The lowest BCUT2D eigenvalue weighted by atomic mass is 10.3. The van der Waals surface area contributed by atoms with Crippen LogP contribution in [0.1, 0.15) is 0 Å². The molecule has 0 aromatic rings. The number of aliphatic hydroxyl groups excluding tert-OH is 1. The van der Waals surface area contributed by atoms with Crippen molar-refractivity contribution in [3.05, 3.63) is 0 Å². The van der Waals surface area contributed by atoms with Crippen LogP contribution < -0.4 is 5.32 Å². The molecule has 1 N–H and O–H groups in total. The Kier molecular flexibility index (Phi) is 2.65. The zero-order valence-electron chi connectivity index (χ0n) is 5.79. The minimum Gasteiger partial charge on any atom is -0.395 e. The van der Waals surface area contributed by atoms with E-state index in [1.807, 2.05) is 0 Å². The highest BCUT2D eigenvalue weighted by Crippen LogP contribution is 1.93. The average Bonchev–Trinajstić information content (AvgIpc) is 1.94. The van der Waals surface area contributed by atoms with E-state index in [1.165, 1.54) is 0 Å². The molecule has 0 spiro atoms. The number of nitrogens with zero attached hydrogens (tertiary/aromatic N) is 2. The third-order valence-electron chi connectivity index (χ3n) is 1.50. The van der Waals surface area contributed by atoms with E-state index in [0.717, 1.165) is 0 Å². The van der Waals surface area contributed by atoms with E-state index in [9.17, 15) is 4.79 Å². The van der Waals surface area contributed by atoms with Crippen LogP contribution in [0.15, 0.2) is 0 Å². The molecule has 1 heterocycles. The van der Waals surface area contributed by atoms with E-state index in [-0.39, 0.29) is 12.5 Å². The largest absolute Gasteiger partial charge is 0.395 e. The van der Waals surface area contributed by atoms with E-state index in [4.69, 9.17) is 5.11 Å². The van der Waals surface area contributed by atoms with Crippen molar-refractivity contribution in [3.8, 4) is 0 Å². The summed E-state index contributed by atoms with van der Waals surface area (Å²) in [4.78, 5) is 12.5. The highest BCUT2D eigenvalue weighted by molar-refractivity contribution is 5.78. The number of carbonyl (C=O) groups is 1. The number of amides is 1. The van der Waals surface area contributed by atoms with E-state index in [2.05, 4.69) is 5.32 Å². The molecule has 57 valence electrons. The summed E-state index contributed by atoms with van der Waals surface area (Å²) in [6, 6.07) is 0. The van der Waals surface area contributed by atoms with Gasteiger partial charge >= 0.3 is 0 Å². The molecule has 1 aliphatic heterocycles. The van der Waals surface area contributed by atoms with Crippen LogP contribution in [-0.4, -0.2) is 48.7 Å². The predicted octanol–water partition coefficient (Wildman–Crippen LogP) is -1.57. The van der Waals surface area contributed by atoms with Gasteiger partial charge in [-0.1, -0.05) is 0 Å². The Bertz CT molecular complexity index is 125. The van der Waals surface area contributed by atoms with E-state index >= 15 is 0 Å². The van der Waals surface area contributed by atoms with Gasteiger partial charge in [-0.25, -0.2) is 5.32 Å². The summed E-state index contributed by atoms with van der Waals surface area (Å²) in [5, 5.41) is 12.4. The molecule has 0 bridgehead atoms. The Morgan fingerprint density at radius 3 is 3.10 bits per heavy atom. The highest BCUT2D eigenvalue weighted by Gasteiger charge is 2.16. The zero-order valence-corrected chi connectivity index (χ0v) is 5.79. The Labute approximate surface area is 59.8 Å². The van der Waals surface area contributed by atoms with Gasteiger partial charge in [0.1, 0.15) is 0 Å². The van der Waals surface area contributed by atoms with Crippen LogP contribution in [-0.2, 0) is 4.79 Å². The monoisotopic (exact) mass is 143 g/mol. The highest BCUT2D eigenvalue weighted by atomic mass is 16.3. The van der Waals surface area contributed by atoms with Gasteiger partial charge in [-0.15, -0.1) is 0 Å². The first-order chi connectivity index (χ1) is 4.84. The van der Waals surface area contributed by atoms with Crippen molar-refractivity contribution in [2.45, 2.75) is 0 Å². The zero-order chi connectivity index (χ0) is 7.40. The Balaban J connectivity index is 2.32. The third-order valence-corrected chi connectivity index (χ3v) is 1.50. The lowest BCUT2D eigenvalue weighted by molar-refractivity contribution is -0.132. The molecule has 1 aliphatic rings. The molecule has 4 heteroatoms. The standard InChI is InChI=1S/C6H11N2O2/c9-4-3-8-2-1-7-5-6(8)10/h9H,1-5H2. The summed E-state index contributed by atoms with van der Waals surface area (Å²) in [6.45, 7) is 2.17. The minimum atomic E-state index is 0.0281. The minimum absolute atomic E-state index is 0.0281. The fourth-order valence-electron chi connectivity index (χ4n) is 0.948. The second-order valence-corrected chi connectivity index (χ2v) is 2.21. The van der Waals surface area contributed by atoms with Crippen LogP contribution in [0.3, 0.4) is 0 Å². The summed E-state index contributed by atoms with van der Waals surface area (Å²) < 4.78 is 0. The van der Waals surface area contributed by atoms with Crippen LogP contribution in [0.25, 0.3) is 0 Å². The molecule has 1 amide bonds. The second-order valence-electron chi connectivity index (χ2n) is 2.21. The number of aliphatic hydroxyl groups is 1. The van der Waals surface area contributed by atoms with Crippen LogP contribution in [0, 0.1) is 0 Å². The predicted molar refractivity (Wildman–Crippen MR) is 35.5 cm³/mol. The van der Waals surface area contributed by atoms with Crippen molar-refractivity contribution in [1.82, 2.24) is 10.2 Å². The molecule has 0 atom stereocenters. The molecule has 1 rings (SSSR count). The quantitative estimate of drug-likeness (QED) is 0.507. The second kappa shape index (κ2) is 3.53. The van der Waals surface area contributed by atoms with Crippen molar-refractivity contribution in [2.75, 3.05) is 32.8 Å². The molecule has 1 radical (unpaired) electrons. The van der Waals surface area contributed by atoms with E-state index in [0.29, 0.717) is 26.2 Å². The molecule has 1 fully saturated rings. The number of β-amino-alcohol motifs (C(OH)–C–C–N with tert-alkyl or cyclic N) is 1. The summed E-state index contributed by atoms with van der Waals surface area (Å²) in [6.07, 6.45) is 0. The van der Waals surface area contributed by atoms with Crippen LogP contribution in [0.5, 0.6) is 0 Å². The number of hydrogen-bond donors (Lipinski definition) is 1. The molecule has 0 saturated carbocycles. The Morgan fingerprint density at radius 1 is 1.70 bits per heavy atom. The molecule has 0 aromatic carbocycles. The molecular weight excluding hydrogens is 132 g/mol. The molecule has 1 saturated heterocycles. The van der Waals surface area contributed by atoms with Gasteiger partial charge in [0.15, 0.2) is 0 Å². The molecule has 0 aromatic heterocycles. The maximum absolute atomic E-state index is 10.9. The molecule has 0 aliphatic carbocycles.